The summed E-state index contributed by atoms with van der Waals surface area (Å²) in [7, 11) is 1.64. The Balaban J connectivity index is 2.32. The number of aromatic nitrogens is 2. The number of nitrogens with two attached hydrogens (primary N) is 1. The largest absolute Gasteiger partial charge is 0.475 e. The molecule has 0 aromatic carbocycles. The van der Waals surface area contributed by atoms with Crippen LogP contribution in [0, 0.1) is 0 Å². The van der Waals surface area contributed by atoms with Crippen LogP contribution >= 0.6 is 0 Å². The highest BCUT2D eigenvalue weighted by Gasteiger charge is 2.19. The highest BCUT2D eigenvalue weighted by Crippen LogP contribution is 2.09. The maximum absolute atomic E-state index is 11.6. The Bertz CT molecular complexity index is 414. The van der Waals surface area contributed by atoms with Crippen molar-refractivity contribution < 1.29 is 14.3 Å². The number of nitrogens with zero attached hydrogens (tertiary/aromatic N) is 3. The van der Waals surface area contributed by atoms with Crippen LogP contribution in [0.4, 0.5) is 10.6 Å². The first-order valence-corrected chi connectivity index (χ1v) is 5.94. The fourth-order valence-electron chi connectivity index (χ4n) is 1.13. The zero-order valence-corrected chi connectivity index (χ0v) is 11.7. The number of amides is 1. The number of ether oxygens (including phenoxy) is 2. The Morgan fingerprint density at radius 1 is 1.37 bits per heavy atom. The van der Waals surface area contributed by atoms with Crippen molar-refractivity contribution in [2.24, 2.45) is 0 Å². The van der Waals surface area contributed by atoms with Crippen LogP contribution in [-0.4, -0.2) is 47.0 Å². The lowest BCUT2D eigenvalue weighted by atomic mass is 10.2. The molecule has 0 aliphatic rings. The molecule has 0 spiro atoms. The summed E-state index contributed by atoms with van der Waals surface area (Å²) in [5.74, 6) is 0.699. The third-order valence-electron chi connectivity index (χ3n) is 2.04. The van der Waals surface area contributed by atoms with Crippen LogP contribution in [0.1, 0.15) is 20.8 Å². The third kappa shape index (κ3) is 5.89. The van der Waals surface area contributed by atoms with E-state index in [0.717, 1.165) is 0 Å². The number of likely N-dealkylation sites (N-methyl/N-ethyl adjacent to an activating group) is 1. The fourth-order valence-corrected chi connectivity index (χ4v) is 1.13. The van der Waals surface area contributed by atoms with E-state index in [1.165, 1.54) is 4.90 Å². The lowest BCUT2D eigenvalue weighted by Gasteiger charge is -2.24. The number of rotatable bonds is 4. The van der Waals surface area contributed by atoms with Gasteiger partial charge in [0.05, 0.1) is 6.54 Å². The average Bonchev–Trinajstić information content (AvgIpc) is 2.29. The Hall–Kier alpha value is -2.05. The average molecular weight is 268 g/mol. The van der Waals surface area contributed by atoms with Gasteiger partial charge in [-0.05, 0) is 26.8 Å². The van der Waals surface area contributed by atoms with E-state index in [9.17, 15) is 4.79 Å². The van der Waals surface area contributed by atoms with Crippen molar-refractivity contribution in [2.45, 2.75) is 26.4 Å². The molecule has 19 heavy (non-hydrogen) atoms. The molecule has 1 aromatic heterocycles. The van der Waals surface area contributed by atoms with Crippen molar-refractivity contribution >= 4 is 11.9 Å². The molecule has 0 unspecified atom stereocenters. The van der Waals surface area contributed by atoms with Gasteiger partial charge in [0.2, 0.25) is 5.88 Å². The lowest BCUT2D eigenvalue weighted by Crippen LogP contribution is -2.36. The number of hydrogen-bond acceptors (Lipinski definition) is 6. The molecule has 7 nitrogen and oxygen atoms in total. The van der Waals surface area contributed by atoms with Gasteiger partial charge in [-0.1, -0.05) is 0 Å². The molecule has 0 aliphatic heterocycles. The standard InChI is InChI=1S/C12H20N4O3/c1-12(2,3)19-11(17)16(4)7-8-18-10-6-5-9(13)14-15-10/h5-6H,7-8H2,1-4H3,(H2,13,14). The third-order valence-corrected chi connectivity index (χ3v) is 2.04. The monoisotopic (exact) mass is 268 g/mol. The summed E-state index contributed by atoms with van der Waals surface area (Å²) in [5, 5.41) is 7.41. The summed E-state index contributed by atoms with van der Waals surface area (Å²) in [6.45, 7) is 6.15. The normalized spacial score (nSPS) is 10.9. The molecule has 2 N–H and O–H groups in total. The number of anilines is 1. The van der Waals surface area contributed by atoms with Crippen LogP contribution in [0.25, 0.3) is 0 Å². The lowest BCUT2D eigenvalue weighted by molar-refractivity contribution is 0.0277. The van der Waals surface area contributed by atoms with E-state index in [1.807, 2.05) is 20.8 Å². The number of nitrogen functional groups attached to an aromatic ring is 1. The number of carbonyl (C=O) groups is 1. The molecule has 0 saturated heterocycles. The van der Waals surface area contributed by atoms with E-state index in [0.29, 0.717) is 24.8 Å². The van der Waals surface area contributed by atoms with E-state index in [2.05, 4.69) is 10.2 Å². The van der Waals surface area contributed by atoms with Gasteiger partial charge < -0.3 is 20.1 Å². The highest BCUT2D eigenvalue weighted by atomic mass is 16.6. The Kier molecular flexibility index (Phi) is 4.91. The molecule has 0 saturated carbocycles. The molecule has 0 fully saturated rings. The SMILES string of the molecule is CN(CCOc1ccc(N)nn1)C(=O)OC(C)(C)C. The van der Waals surface area contributed by atoms with E-state index < -0.39 is 5.60 Å². The molecular weight excluding hydrogens is 248 g/mol. The van der Waals surface area contributed by atoms with E-state index in [-0.39, 0.29) is 6.09 Å². The van der Waals surface area contributed by atoms with Crippen LogP contribution in [0.15, 0.2) is 12.1 Å². The molecule has 0 radical (unpaired) electrons. The zero-order valence-electron chi connectivity index (χ0n) is 11.7. The maximum atomic E-state index is 11.6. The summed E-state index contributed by atoms with van der Waals surface area (Å²) in [5.41, 5.74) is 4.90. The van der Waals surface area contributed by atoms with Crippen LogP contribution in [0.2, 0.25) is 0 Å². The molecule has 7 heteroatoms. The molecule has 0 aliphatic carbocycles. The Morgan fingerprint density at radius 3 is 2.58 bits per heavy atom. The quantitative estimate of drug-likeness (QED) is 0.885. The topological polar surface area (TPSA) is 90.6 Å². The second kappa shape index (κ2) is 6.21. The fraction of sp³-hybridized carbons (Fsp3) is 0.583. The second-order valence-corrected chi connectivity index (χ2v) is 5.05. The van der Waals surface area contributed by atoms with Crippen LogP contribution in [0.3, 0.4) is 0 Å². The summed E-state index contributed by atoms with van der Waals surface area (Å²) >= 11 is 0. The first kappa shape index (κ1) is 15.0. The highest BCUT2D eigenvalue weighted by molar-refractivity contribution is 5.67. The molecule has 1 aromatic rings. The second-order valence-electron chi connectivity index (χ2n) is 5.05. The van der Waals surface area contributed by atoms with Gasteiger partial charge in [0, 0.05) is 13.1 Å². The molecule has 1 rings (SSSR count). The molecular formula is C12H20N4O3. The predicted molar refractivity (Wildman–Crippen MR) is 70.8 cm³/mol. The van der Waals surface area contributed by atoms with E-state index in [1.54, 1.807) is 19.2 Å². The van der Waals surface area contributed by atoms with Crippen molar-refractivity contribution in [3.63, 3.8) is 0 Å². The Labute approximate surface area is 112 Å². The van der Waals surface area contributed by atoms with Gasteiger partial charge in [-0.2, -0.15) is 0 Å². The van der Waals surface area contributed by atoms with Gasteiger partial charge in [-0.3, -0.25) is 0 Å². The summed E-state index contributed by atoms with van der Waals surface area (Å²) in [6.07, 6.45) is -0.389. The van der Waals surface area contributed by atoms with Crippen molar-refractivity contribution in [2.75, 3.05) is 25.9 Å². The van der Waals surface area contributed by atoms with Crippen LogP contribution in [0.5, 0.6) is 5.88 Å². The van der Waals surface area contributed by atoms with Crippen LogP contribution in [-0.2, 0) is 4.74 Å². The number of hydrogen-bond donors (Lipinski definition) is 1. The van der Waals surface area contributed by atoms with Gasteiger partial charge in [0.1, 0.15) is 18.0 Å². The zero-order chi connectivity index (χ0) is 14.5. The minimum absolute atomic E-state index is 0.300. The van der Waals surface area contributed by atoms with Crippen molar-refractivity contribution in [1.82, 2.24) is 15.1 Å². The Morgan fingerprint density at radius 2 is 2.05 bits per heavy atom. The van der Waals surface area contributed by atoms with Gasteiger partial charge in [-0.15, -0.1) is 10.2 Å². The van der Waals surface area contributed by atoms with E-state index >= 15 is 0 Å². The molecule has 1 amide bonds. The van der Waals surface area contributed by atoms with Gasteiger partial charge >= 0.3 is 6.09 Å². The van der Waals surface area contributed by atoms with Crippen molar-refractivity contribution in [3.8, 4) is 5.88 Å². The van der Waals surface area contributed by atoms with E-state index in [4.69, 9.17) is 15.2 Å². The first-order valence-electron chi connectivity index (χ1n) is 5.94. The minimum Gasteiger partial charge on any atom is -0.475 e. The van der Waals surface area contributed by atoms with Crippen molar-refractivity contribution in [3.05, 3.63) is 12.1 Å². The van der Waals surface area contributed by atoms with Crippen LogP contribution < -0.4 is 10.5 Å². The smallest absolute Gasteiger partial charge is 0.410 e. The molecule has 0 bridgehead atoms. The van der Waals surface area contributed by atoms with Gasteiger partial charge in [0.25, 0.3) is 0 Å². The van der Waals surface area contributed by atoms with Gasteiger partial charge in [-0.25, -0.2) is 4.79 Å². The first-order chi connectivity index (χ1) is 8.78. The molecule has 106 valence electrons. The summed E-state index contributed by atoms with van der Waals surface area (Å²) in [4.78, 5) is 13.1. The van der Waals surface area contributed by atoms with Gasteiger partial charge in [0.15, 0.2) is 0 Å². The summed E-state index contributed by atoms with van der Waals surface area (Å²) < 4.78 is 10.5. The summed E-state index contributed by atoms with van der Waals surface area (Å²) in [6, 6.07) is 3.22. The minimum atomic E-state index is -0.505. The maximum Gasteiger partial charge on any atom is 0.410 e. The van der Waals surface area contributed by atoms with Crippen molar-refractivity contribution in [1.29, 1.82) is 0 Å². The number of carbonyl (C=O) groups excluding carboxylic acids is 1. The predicted octanol–water partition coefficient (Wildman–Crippen LogP) is 1.30. The molecule has 0 atom stereocenters. The molecule has 1 heterocycles.